The minimum absolute atomic E-state index is 0.0432. The zero-order valence-electron chi connectivity index (χ0n) is 15.5. The summed E-state index contributed by atoms with van der Waals surface area (Å²) in [4.78, 5) is 15.6. The Labute approximate surface area is 181 Å². The van der Waals surface area contributed by atoms with Crippen LogP contribution in [0.5, 0.6) is 5.75 Å². The van der Waals surface area contributed by atoms with Crippen LogP contribution in [0.25, 0.3) is 22.4 Å². The SMILES string of the molecule is CC(=O)NCCNc1cc(-c2c(F)cccc2Cl)cc(-c2cc(Br)ccc2O)n1. The van der Waals surface area contributed by atoms with Crippen LogP contribution in [0, 0.1) is 5.82 Å². The second-order valence-electron chi connectivity index (χ2n) is 6.29. The van der Waals surface area contributed by atoms with Crippen LogP contribution >= 0.6 is 27.5 Å². The Bertz CT molecular complexity index is 1040. The molecule has 1 heterocycles. The molecule has 0 aliphatic heterocycles. The van der Waals surface area contributed by atoms with Crippen molar-refractivity contribution in [2.24, 2.45) is 0 Å². The number of pyridine rings is 1. The third-order valence-electron chi connectivity index (χ3n) is 4.12. The second-order valence-corrected chi connectivity index (χ2v) is 7.62. The molecule has 0 bridgehead atoms. The molecule has 2 aromatic carbocycles. The molecule has 0 atom stereocenters. The Morgan fingerprint density at radius 3 is 2.72 bits per heavy atom. The van der Waals surface area contributed by atoms with Gasteiger partial charge >= 0.3 is 0 Å². The summed E-state index contributed by atoms with van der Waals surface area (Å²) in [5.74, 6) is -0.0908. The molecule has 1 amide bonds. The molecular formula is C21H18BrClFN3O2. The van der Waals surface area contributed by atoms with Gasteiger partial charge in [0.25, 0.3) is 0 Å². The maximum Gasteiger partial charge on any atom is 0.216 e. The molecule has 3 aromatic rings. The lowest BCUT2D eigenvalue weighted by Gasteiger charge is -2.14. The molecule has 0 spiro atoms. The first-order valence-electron chi connectivity index (χ1n) is 8.79. The normalized spacial score (nSPS) is 10.6. The Balaban J connectivity index is 2.07. The van der Waals surface area contributed by atoms with E-state index in [2.05, 4.69) is 31.5 Å². The standard InChI is InChI=1S/C21H18BrClFN3O2/c1-12(28)25-7-8-26-20-10-13(21-16(23)3-2-4-17(21)24)9-18(27-20)15-11-14(22)5-6-19(15)29/h2-6,9-11,29H,7-8H2,1H3,(H,25,28)(H,26,27). The summed E-state index contributed by atoms with van der Waals surface area (Å²) in [6.07, 6.45) is 0. The molecule has 0 saturated carbocycles. The van der Waals surface area contributed by atoms with E-state index in [4.69, 9.17) is 11.6 Å². The molecule has 150 valence electrons. The molecule has 29 heavy (non-hydrogen) atoms. The van der Waals surface area contributed by atoms with Crippen LogP contribution in [0.3, 0.4) is 0 Å². The molecule has 3 rings (SSSR count). The van der Waals surface area contributed by atoms with Gasteiger partial charge in [0.2, 0.25) is 5.91 Å². The first kappa shape index (κ1) is 21.1. The molecule has 0 saturated heterocycles. The fourth-order valence-corrected chi connectivity index (χ4v) is 3.45. The van der Waals surface area contributed by atoms with E-state index in [9.17, 15) is 14.3 Å². The minimum Gasteiger partial charge on any atom is -0.507 e. The van der Waals surface area contributed by atoms with Gasteiger partial charge in [-0.1, -0.05) is 33.6 Å². The van der Waals surface area contributed by atoms with Gasteiger partial charge in [-0.2, -0.15) is 0 Å². The molecule has 0 unspecified atom stereocenters. The summed E-state index contributed by atoms with van der Waals surface area (Å²) in [6, 6.07) is 12.8. The van der Waals surface area contributed by atoms with Gasteiger partial charge in [0.15, 0.2) is 0 Å². The molecule has 5 nitrogen and oxygen atoms in total. The predicted octanol–water partition coefficient (Wildman–Crippen LogP) is 5.22. The molecule has 0 radical (unpaired) electrons. The molecule has 0 aliphatic rings. The highest BCUT2D eigenvalue weighted by atomic mass is 79.9. The van der Waals surface area contributed by atoms with Crippen LogP contribution in [0.15, 0.2) is 53.0 Å². The highest BCUT2D eigenvalue weighted by molar-refractivity contribution is 9.10. The van der Waals surface area contributed by atoms with E-state index in [-0.39, 0.29) is 22.2 Å². The lowest BCUT2D eigenvalue weighted by molar-refractivity contribution is -0.118. The van der Waals surface area contributed by atoms with Gasteiger partial charge in [0.1, 0.15) is 17.4 Å². The Kier molecular flexibility index (Phi) is 6.71. The maximum absolute atomic E-state index is 14.5. The summed E-state index contributed by atoms with van der Waals surface area (Å²) in [6.45, 7) is 2.26. The Morgan fingerprint density at radius 1 is 1.21 bits per heavy atom. The number of benzene rings is 2. The number of phenolic OH excluding ortho intramolecular Hbond substituents is 1. The largest absolute Gasteiger partial charge is 0.507 e. The number of aromatic hydroxyl groups is 1. The lowest BCUT2D eigenvalue weighted by Crippen LogP contribution is -2.26. The van der Waals surface area contributed by atoms with Crippen molar-refractivity contribution in [1.82, 2.24) is 10.3 Å². The number of hydrogen-bond donors (Lipinski definition) is 3. The van der Waals surface area contributed by atoms with Gasteiger partial charge < -0.3 is 15.7 Å². The Hall–Kier alpha value is -2.64. The summed E-state index contributed by atoms with van der Waals surface area (Å²) in [5, 5.41) is 16.4. The molecule has 3 N–H and O–H groups in total. The zero-order valence-corrected chi connectivity index (χ0v) is 17.8. The van der Waals surface area contributed by atoms with Crippen LogP contribution in [-0.4, -0.2) is 29.1 Å². The van der Waals surface area contributed by atoms with Crippen molar-refractivity contribution in [3.63, 3.8) is 0 Å². The number of carbonyl (C=O) groups excluding carboxylic acids is 1. The average Bonchev–Trinajstić information content (AvgIpc) is 2.67. The molecule has 8 heteroatoms. The van der Waals surface area contributed by atoms with E-state index in [1.807, 2.05) is 0 Å². The number of nitrogens with zero attached hydrogens (tertiary/aromatic N) is 1. The lowest BCUT2D eigenvalue weighted by atomic mass is 10.0. The van der Waals surface area contributed by atoms with Crippen molar-refractivity contribution >= 4 is 39.3 Å². The number of amides is 1. The summed E-state index contributed by atoms with van der Waals surface area (Å²) < 4.78 is 15.3. The van der Waals surface area contributed by atoms with E-state index in [0.717, 1.165) is 4.47 Å². The minimum atomic E-state index is -0.461. The Morgan fingerprint density at radius 2 is 2.00 bits per heavy atom. The third-order valence-corrected chi connectivity index (χ3v) is 4.92. The number of carbonyl (C=O) groups is 1. The van der Waals surface area contributed by atoms with E-state index in [1.165, 1.54) is 19.1 Å². The number of aromatic nitrogens is 1. The van der Waals surface area contributed by atoms with Crippen LogP contribution in [0.2, 0.25) is 5.02 Å². The van der Waals surface area contributed by atoms with Gasteiger partial charge in [0.05, 0.1) is 10.7 Å². The topological polar surface area (TPSA) is 74.2 Å². The maximum atomic E-state index is 14.5. The van der Waals surface area contributed by atoms with Gasteiger partial charge in [-0.3, -0.25) is 4.79 Å². The van der Waals surface area contributed by atoms with Crippen molar-refractivity contribution in [2.75, 3.05) is 18.4 Å². The number of phenols is 1. The highest BCUT2D eigenvalue weighted by Crippen LogP contribution is 2.37. The monoisotopic (exact) mass is 477 g/mol. The average molecular weight is 479 g/mol. The predicted molar refractivity (Wildman–Crippen MR) is 117 cm³/mol. The number of anilines is 1. The van der Waals surface area contributed by atoms with Crippen LogP contribution in [0.1, 0.15) is 6.92 Å². The quantitative estimate of drug-likeness (QED) is 0.425. The first-order chi connectivity index (χ1) is 13.8. The van der Waals surface area contributed by atoms with Crippen LogP contribution in [0.4, 0.5) is 10.2 Å². The van der Waals surface area contributed by atoms with Crippen molar-refractivity contribution in [3.8, 4) is 28.1 Å². The van der Waals surface area contributed by atoms with Gasteiger partial charge in [-0.25, -0.2) is 9.37 Å². The first-order valence-corrected chi connectivity index (χ1v) is 9.96. The van der Waals surface area contributed by atoms with Crippen molar-refractivity contribution in [3.05, 3.63) is 63.8 Å². The molecule has 0 aliphatic carbocycles. The van der Waals surface area contributed by atoms with Gasteiger partial charge in [-0.05, 0) is 48.0 Å². The molecular weight excluding hydrogens is 461 g/mol. The van der Waals surface area contributed by atoms with Crippen molar-refractivity contribution in [2.45, 2.75) is 6.92 Å². The number of hydrogen-bond acceptors (Lipinski definition) is 4. The third kappa shape index (κ3) is 5.25. The molecule has 1 aromatic heterocycles. The number of halogens is 3. The summed E-state index contributed by atoms with van der Waals surface area (Å²) in [5.41, 5.74) is 1.69. The van der Waals surface area contributed by atoms with Crippen molar-refractivity contribution < 1.29 is 14.3 Å². The van der Waals surface area contributed by atoms with E-state index in [0.29, 0.717) is 35.7 Å². The van der Waals surface area contributed by atoms with Gasteiger partial charge in [-0.15, -0.1) is 0 Å². The summed E-state index contributed by atoms with van der Waals surface area (Å²) >= 11 is 9.64. The second kappa shape index (κ2) is 9.24. The fraction of sp³-hybridized carbons (Fsp3) is 0.143. The summed E-state index contributed by atoms with van der Waals surface area (Å²) in [7, 11) is 0. The fourth-order valence-electron chi connectivity index (χ4n) is 2.82. The zero-order chi connectivity index (χ0) is 21.0. The molecule has 0 fully saturated rings. The highest BCUT2D eigenvalue weighted by Gasteiger charge is 2.15. The van der Waals surface area contributed by atoms with E-state index >= 15 is 0 Å². The van der Waals surface area contributed by atoms with Crippen LogP contribution in [-0.2, 0) is 4.79 Å². The van der Waals surface area contributed by atoms with Crippen molar-refractivity contribution in [1.29, 1.82) is 0 Å². The van der Waals surface area contributed by atoms with Gasteiger partial charge in [0, 0.05) is 35.6 Å². The van der Waals surface area contributed by atoms with E-state index < -0.39 is 5.82 Å². The number of nitrogens with one attached hydrogen (secondary N) is 2. The van der Waals surface area contributed by atoms with E-state index in [1.54, 1.807) is 36.4 Å². The smallest absolute Gasteiger partial charge is 0.216 e. The number of rotatable bonds is 6. The van der Waals surface area contributed by atoms with Crippen LogP contribution < -0.4 is 10.6 Å².